The van der Waals surface area contributed by atoms with Crippen LogP contribution in [-0.2, 0) is 6.54 Å². The van der Waals surface area contributed by atoms with E-state index in [0.29, 0.717) is 11.6 Å². The quantitative estimate of drug-likeness (QED) is 0.768. The number of hydrogen-bond donors (Lipinski definition) is 0. The molecule has 0 aliphatic rings. The summed E-state index contributed by atoms with van der Waals surface area (Å²) in [4.78, 5) is 12.1. The van der Waals surface area contributed by atoms with Gasteiger partial charge in [0, 0.05) is 23.5 Å². The average Bonchev–Trinajstić information content (AvgIpc) is 2.57. The average molecular weight is 249 g/mol. The van der Waals surface area contributed by atoms with Crippen LogP contribution in [0.4, 0.5) is 0 Å². The number of halogens is 1. The molecule has 0 N–H and O–H groups in total. The first kappa shape index (κ1) is 11.7. The minimum atomic E-state index is -0.0790. The van der Waals surface area contributed by atoms with Crippen LogP contribution in [-0.4, -0.2) is 9.13 Å². The van der Waals surface area contributed by atoms with Crippen molar-refractivity contribution < 1.29 is 0 Å². The van der Waals surface area contributed by atoms with Crippen LogP contribution in [0.2, 0.25) is 5.02 Å². The van der Waals surface area contributed by atoms with Gasteiger partial charge in [-0.2, -0.15) is 0 Å². The van der Waals surface area contributed by atoms with Crippen LogP contribution in [0.15, 0.2) is 47.9 Å². The van der Waals surface area contributed by atoms with Crippen LogP contribution in [0.5, 0.6) is 0 Å². The third kappa shape index (κ3) is 2.19. The minimum Gasteiger partial charge on any atom is -0.293 e. The zero-order chi connectivity index (χ0) is 12.4. The number of aryl methyl sites for hydroxylation is 1. The molecule has 0 aliphatic heterocycles. The molecule has 1 aromatic heterocycles. The van der Waals surface area contributed by atoms with Gasteiger partial charge in [-0.3, -0.25) is 9.13 Å². The third-order valence-electron chi connectivity index (χ3n) is 2.58. The fraction of sp³-hybridized carbons (Fsp3) is 0.154. The standard InChI is InChI=1S/C13H13ClN2O/c1-3-7-15-10(2)9-16(13(15)17)12-6-4-5-11(14)8-12/h3-6,8-9H,1,7H2,2H3. The first-order valence-corrected chi connectivity index (χ1v) is 5.67. The lowest BCUT2D eigenvalue weighted by Crippen LogP contribution is -2.23. The Morgan fingerprint density at radius 3 is 2.88 bits per heavy atom. The summed E-state index contributed by atoms with van der Waals surface area (Å²) in [5.74, 6) is 0. The summed E-state index contributed by atoms with van der Waals surface area (Å²) in [7, 11) is 0. The number of benzene rings is 1. The van der Waals surface area contributed by atoms with E-state index in [9.17, 15) is 4.79 Å². The Bertz CT molecular complexity index is 610. The predicted octanol–water partition coefficient (Wildman–Crippen LogP) is 2.79. The van der Waals surface area contributed by atoms with Gasteiger partial charge in [0.05, 0.1) is 5.69 Å². The van der Waals surface area contributed by atoms with E-state index >= 15 is 0 Å². The van der Waals surface area contributed by atoms with Gasteiger partial charge in [0.1, 0.15) is 0 Å². The lowest BCUT2D eigenvalue weighted by Gasteiger charge is -2.01. The summed E-state index contributed by atoms with van der Waals surface area (Å²) in [5, 5.41) is 0.614. The van der Waals surface area contributed by atoms with Crippen molar-refractivity contribution in [2.75, 3.05) is 0 Å². The fourth-order valence-corrected chi connectivity index (χ4v) is 1.94. The molecule has 0 saturated carbocycles. The zero-order valence-corrected chi connectivity index (χ0v) is 10.3. The second kappa shape index (κ2) is 4.63. The van der Waals surface area contributed by atoms with E-state index in [1.165, 1.54) is 0 Å². The van der Waals surface area contributed by atoms with Gasteiger partial charge in [-0.15, -0.1) is 6.58 Å². The highest BCUT2D eigenvalue weighted by Crippen LogP contribution is 2.14. The molecule has 0 aliphatic carbocycles. The summed E-state index contributed by atoms with van der Waals surface area (Å²) in [6.45, 7) is 6.05. The van der Waals surface area contributed by atoms with Gasteiger partial charge >= 0.3 is 5.69 Å². The lowest BCUT2D eigenvalue weighted by atomic mass is 10.3. The van der Waals surface area contributed by atoms with Crippen molar-refractivity contribution in [1.29, 1.82) is 0 Å². The molecule has 0 unspecified atom stereocenters. The number of imidazole rings is 1. The van der Waals surface area contributed by atoms with Crippen molar-refractivity contribution in [2.24, 2.45) is 0 Å². The van der Waals surface area contributed by atoms with Gasteiger partial charge in [-0.05, 0) is 25.1 Å². The maximum absolute atomic E-state index is 12.1. The molecule has 4 heteroatoms. The van der Waals surface area contributed by atoms with Crippen LogP contribution < -0.4 is 5.69 Å². The van der Waals surface area contributed by atoms with Crippen molar-refractivity contribution in [1.82, 2.24) is 9.13 Å². The van der Waals surface area contributed by atoms with Crippen LogP contribution in [0.25, 0.3) is 5.69 Å². The molecule has 2 aromatic rings. The van der Waals surface area contributed by atoms with E-state index in [1.807, 2.05) is 19.1 Å². The van der Waals surface area contributed by atoms with Crippen LogP contribution in [0.1, 0.15) is 5.69 Å². The van der Waals surface area contributed by atoms with Crippen molar-refractivity contribution >= 4 is 11.6 Å². The Balaban J connectivity index is 2.57. The van der Waals surface area contributed by atoms with Gasteiger partial charge in [0.25, 0.3) is 0 Å². The SMILES string of the molecule is C=CCn1c(C)cn(-c2cccc(Cl)c2)c1=O. The Hall–Kier alpha value is -1.74. The first-order valence-electron chi connectivity index (χ1n) is 5.29. The Morgan fingerprint density at radius 1 is 1.47 bits per heavy atom. The Labute approximate surface area is 105 Å². The third-order valence-corrected chi connectivity index (χ3v) is 2.81. The van der Waals surface area contributed by atoms with E-state index in [2.05, 4.69) is 6.58 Å². The van der Waals surface area contributed by atoms with Gasteiger partial charge in [-0.1, -0.05) is 23.7 Å². The highest BCUT2D eigenvalue weighted by atomic mass is 35.5. The van der Waals surface area contributed by atoms with E-state index in [1.54, 1.807) is 33.5 Å². The van der Waals surface area contributed by atoms with Crippen molar-refractivity contribution in [3.63, 3.8) is 0 Å². The van der Waals surface area contributed by atoms with Gasteiger partial charge in [0.15, 0.2) is 0 Å². The molecule has 17 heavy (non-hydrogen) atoms. The molecule has 0 atom stereocenters. The molecule has 1 heterocycles. The molecule has 3 nitrogen and oxygen atoms in total. The fourth-order valence-electron chi connectivity index (χ4n) is 1.75. The first-order chi connectivity index (χ1) is 8.13. The van der Waals surface area contributed by atoms with Gasteiger partial charge in [-0.25, -0.2) is 4.79 Å². The van der Waals surface area contributed by atoms with E-state index in [4.69, 9.17) is 11.6 Å². The zero-order valence-electron chi connectivity index (χ0n) is 9.56. The number of allylic oxidation sites excluding steroid dienone is 1. The maximum Gasteiger partial charge on any atom is 0.333 e. The number of rotatable bonds is 3. The Kier molecular flexibility index (Phi) is 3.20. The molecule has 0 amide bonds. The largest absolute Gasteiger partial charge is 0.333 e. The normalized spacial score (nSPS) is 10.5. The predicted molar refractivity (Wildman–Crippen MR) is 70.0 cm³/mol. The highest BCUT2D eigenvalue weighted by Gasteiger charge is 2.08. The molecule has 2 rings (SSSR count). The van der Waals surface area contributed by atoms with Crippen molar-refractivity contribution in [3.05, 3.63) is 64.3 Å². The summed E-state index contributed by atoms with van der Waals surface area (Å²) in [5.41, 5.74) is 1.59. The topological polar surface area (TPSA) is 26.9 Å². The molecule has 0 bridgehead atoms. The number of hydrogen-bond acceptors (Lipinski definition) is 1. The second-order valence-corrected chi connectivity index (χ2v) is 4.24. The van der Waals surface area contributed by atoms with Crippen LogP contribution in [0.3, 0.4) is 0 Å². The molecule has 0 fully saturated rings. The molecular formula is C13H13ClN2O. The molecule has 0 spiro atoms. The van der Waals surface area contributed by atoms with Gasteiger partial charge < -0.3 is 0 Å². The minimum absolute atomic E-state index is 0.0790. The summed E-state index contributed by atoms with van der Waals surface area (Å²) in [6.07, 6.45) is 3.51. The highest BCUT2D eigenvalue weighted by molar-refractivity contribution is 6.30. The Morgan fingerprint density at radius 2 is 2.24 bits per heavy atom. The van der Waals surface area contributed by atoms with E-state index in [0.717, 1.165) is 11.4 Å². The maximum atomic E-state index is 12.1. The van der Waals surface area contributed by atoms with Crippen LogP contribution >= 0.6 is 11.6 Å². The monoisotopic (exact) mass is 248 g/mol. The lowest BCUT2D eigenvalue weighted by molar-refractivity contribution is 0.740. The van der Waals surface area contributed by atoms with E-state index < -0.39 is 0 Å². The number of aromatic nitrogens is 2. The molecule has 1 aromatic carbocycles. The van der Waals surface area contributed by atoms with Gasteiger partial charge in [0.2, 0.25) is 0 Å². The smallest absolute Gasteiger partial charge is 0.293 e. The second-order valence-electron chi connectivity index (χ2n) is 3.80. The number of nitrogens with zero attached hydrogens (tertiary/aromatic N) is 2. The molecule has 88 valence electrons. The molecular weight excluding hydrogens is 236 g/mol. The summed E-state index contributed by atoms with van der Waals surface area (Å²) < 4.78 is 3.25. The van der Waals surface area contributed by atoms with Crippen molar-refractivity contribution in [2.45, 2.75) is 13.5 Å². The van der Waals surface area contributed by atoms with E-state index in [-0.39, 0.29) is 5.69 Å². The summed E-state index contributed by atoms with van der Waals surface area (Å²) in [6, 6.07) is 7.22. The molecule has 0 radical (unpaired) electrons. The summed E-state index contributed by atoms with van der Waals surface area (Å²) >= 11 is 5.92. The molecule has 0 saturated heterocycles. The van der Waals surface area contributed by atoms with Crippen molar-refractivity contribution in [3.8, 4) is 5.69 Å². The van der Waals surface area contributed by atoms with Crippen LogP contribution in [0, 0.1) is 6.92 Å².